The molecule has 2 fully saturated rings. The predicted molar refractivity (Wildman–Crippen MR) is 69.4 cm³/mol. The second-order valence-electron chi connectivity index (χ2n) is 5.23. The Balaban J connectivity index is 1.59. The van der Waals surface area contributed by atoms with Gasteiger partial charge in [0.25, 0.3) is 5.91 Å². The Bertz CT molecular complexity index is 608. The molecule has 0 bridgehead atoms. The molecule has 1 aromatic carbocycles. The van der Waals surface area contributed by atoms with Crippen LogP contribution in [-0.4, -0.2) is 30.0 Å². The summed E-state index contributed by atoms with van der Waals surface area (Å²) in [5.41, 5.74) is 1.68. The van der Waals surface area contributed by atoms with Gasteiger partial charge in [-0.25, -0.2) is 0 Å². The molecule has 2 unspecified atom stereocenters. The predicted octanol–water partition coefficient (Wildman–Crippen LogP) is 1.12. The third-order valence-corrected chi connectivity index (χ3v) is 4.22. The van der Waals surface area contributed by atoms with Crippen LogP contribution in [0.1, 0.15) is 10.4 Å². The van der Waals surface area contributed by atoms with Gasteiger partial charge in [0.2, 0.25) is 0 Å². The topological polar surface area (TPSA) is 56.9 Å². The number of H-pyrrole nitrogens is 1. The van der Waals surface area contributed by atoms with Crippen LogP contribution in [0, 0.1) is 11.8 Å². The highest BCUT2D eigenvalue weighted by Crippen LogP contribution is 2.41. The van der Waals surface area contributed by atoms with Crippen molar-refractivity contribution in [3.63, 3.8) is 0 Å². The molecule has 18 heavy (non-hydrogen) atoms. The van der Waals surface area contributed by atoms with E-state index in [1.807, 2.05) is 30.5 Å². The maximum Gasteiger partial charge on any atom is 0.253 e. The van der Waals surface area contributed by atoms with Crippen LogP contribution in [0.3, 0.4) is 0 Å². The first-order valence-electron chi connectivity index (χ1n) is 6.42. The third kappa shape index (κ3) is 1.39. The monoisotopic (exact) mass is 241 g/mol. The van der Waals surface area contributed by atoms with Crippen LogP contribution in [0.5, 0.6) is 0 Å². The molecular weight excluding hydrogens is 226 g/mol. The molecule has 4 heteroatoms. The summed E-state index contributed by atoms with van der Waals surface area (Å²) in [5, 5.41) is 7.57. The lowest BCUT2D eigenvalue weighted by atomic mass is 10.1. The van der Waals surface area contributed by atoms with Crippen LogP contribution in [0.25, 0.3) is 10.9 Å². The van der Waals surface area contributed by atoms with Crippen LogP contribution in [0.4, 0.5) is 0 Å². The Kier molecular flexibility index (Phi) is 2.02. The number of benzene rings is 1. The highest BCUT2D eigenvalue weighted by Gasteiger charge is 2.53. The van der Waals surface area contributed by atoms with E-state index in [-0.39, 0.29) is 5.91 Å². The molecule has 3 N–H and O–H groups in total. The lowest BCUT2D eigenvalue weighted by molar-refractivity contribution is 0.0948. The van der Waals surface area contributed by atoms with E-state index in [0.717, 1.165) is 29.6 Å². The minimum absolute atomic E-state index is 0.0439. The summed E-state index contributed by atoms with van der Waals surface area (Å²) in [6.45, 7) is 2.09. The number of carbonyl (C=O) groups is 1. The molecule has 0 radical (unpaired) electrons. The fraction of sp³-hybridized carbons (Fsp3) is 0.357. The van der Waals surface area contributed by atoms with Crippen molar-refractivity contribution in [1.29, 1.82) is 0 Å². The number of piperidine rings is 1. The number of fused-ring (bicyclic) bond motifs is 2. The van der Waals surface area contributed by atoms with Crippen LogP contribution in [0.15, 0.2) is 30.5 Å². The van der Waals surface area contributed by atoms with Crippen LogP contribution in [0.2, 0.25) is 0 Å². The van der Waals surface area contributed by atoms with Gasteiger partial charge < -0.3 is 15.6 Å². The lowest BCUT2D eigenvalue weighted by Gasteiger charge is -2.08. The molecule has 2 heterocycles. The number of aromatic amines is 1. The average Bonchev–Trinajstić information content (AvgIpc) is 2.82. The molecular formula is C14H15N3O. The maximum atomic E-state index is 12.3. The van der Waals surface area contributed by atoms with Gasteiger partial charge in [0.15, 0.2) is 0 Å². The Labute approximate surface area is 105 Å². The van der Waals surface area contributed by atoms with E-state index in [4.69, 9.17) is 0 Å². The molecule has 0 spiro atoms. The molecule has 92 valence electrons. The minimum atomic E-state index is 0.0439. The van der Waals surface area contributed by atoms with Gasteiger partial charge in [-0.3, -0.25) is 4.79 Å². The van der Waals surface area contributed by atoms with Crippen LogP contribution >= 0.6 is 0 Å². The SMILES string of the molecule is O=C(NC1C2CNCC21)c1cccc2cc[nH]c12. The Morgan fingerprint density at radius 1 is 1.22 bits per heavy atom. The van der Waals surface area contributed by atoms with Gasteiger partial charge in [-0.2, -0.15) is 0 Å². The van der Waals surface area contributed by atoms with E-state index in [1.165, 1.54) is 0 Å². The molecule has 1 saturated carbocycles. The first kappa shape index (κ1) is 10.1. The third-order valence-electron chi connectivity index (χ3n) is 4.22. The molecule has 2 aromatic rings. The second kappa shape index (κ2) is 3.59. The lowest BCUT2D eigenvalue weighted by Crippen LogP contribution is -2.32. The normalized spacial score (nSPS) is 29.2. The molecule has 1 aliphatic heterocycles. The molecule has 4 nitrogen and oxygen atoms in total. The highest BCUT2D eigenvalue weighted by molar-refractivity contribution is 6.05. The molecule has 1 aromatic heterocycles. The number of amides is 1. The van der Waals surface area contributed by atoms with Gasteiger partial charge in [-0.05, 0) is 24.0 Å². The van der Waals surface area contributed by atoms with Crippen molar-refractivity contribution in [3.8, 4) is 0 Å². The summed E-state index contributed by atoms with van der Waals surface area (Å²) < 4.78 is 0. The zero-order valence-electron chi connectivity index (χ0n) is 9.94. The van der Waals surface area contributed by atoms with Crippen molar-refractivity contribution in [2.24, 2.45) is 11.8 Å². The Morgan fingerprint density at radius 3 is 2.89 bits per heavy atom. The van der Waals surface area contributed by atoms with Gasteiger partial charge >= 0.3 is 0 Å². The largest absolute Gasteiger partial charge is 0.361 e. The maximum absolute atomic E-state index is 12.3. The first-order valence-corrected chi connectivity index (χ1v) is 6.42. The molecule has 2 atom stereocenters. The minimum Gasteiger partial charge on any atom is -0.361 e. The van der Waals surface area contributed by atoms with Gasteiger partial charge in [0, 0.05) is 30.7 Å². The van der Waals surface area contributed by atoms with E-state index in [0.29, 0.717) is 17.9 Å². The zero-order valence-corrected chi connectivity index (χ0v) is 9.94. The molecule has 4 rings (SSSR count). The number of hydrogen-bond donors (Lipinski definition) is 3. The summed E-state index contributed by atoms with van der Waals surface area (Å²) in [5.74, 6) is 1.34. The smallest absolute Gasteiger partial charge is 0.253 e. The van der Waals surface area contributed by atoms with Gasteiger partial charge in [0.1, 0.15) is 0 Å². The summed E-state index contributed by atoms with van der Waals surface area (Å²) >= 11 is 0. The van der Waals surface area contributed by atoms with Gasteiger partial charge in [-0.1, -0.05) is 12.1 Å². The van der Waals surface area contributed by atoms with E-state index >= 15 is 0 Å². The van der Waals surface area contributed by atoms with E-state index in [9.17, 15) is 4.79 Å². The number of carbonyl (C=O) groups excluding carboxylic acids is 1. The fourth-order valence-corrected chi connectivity index (χ4v) is 3.14. The van der Waals surface area contributed by atoms with Gasteiger partial charge in [0.05, 0.1) is 11.1 Å². The number of hydrogen-bond acceptors (Lipinski definition) is 2. The van der Waals surface area contributed by atoms with E-state index in [1.54, 1.807) is 0 Å². The average molecular weight is 241 g/mol. The number of aromatic nitrogens is 1. The summed E-state index contributed by atoms with van der Waals surface area (Å²) in [4.78, 5) is 15.4. The van der Waals surface area contributed by atoms with Crippen molar-refractivity contribution in [1.82, 2.24) is 15.6 Å². The molecule has 1 amide bonds. The fourth-order valence-electron chi connectivity index (χ4n) is 3.14. The van der Waals surface area contributed by atoms with Crippen molar-refractivity contribution in [2.75, 3.05) is 13.1 Å². The Hall–Kier alpha value is -1.81. The highest BCUT2D eigenvalue weighted by atomic mass is 16.1. The van der Waals surface area contributed by atoms with Crippen LogP contribution in [-0.2, 0) is 0 Å². The molecule has 1 saturated heterocycles. The number of rotatable bonds is 2. The quantitative estimate of drug-likeness (QED) is 0.738. The summed E-state index contributed by atoms with van der Waals surface area (Å²) in [7, 11) is 0. The Morgan fingerprint density at radius 2 is 2.06 bits per heavy atom. The summed E-state index contributed by atoms with van der Waals surface area (Å²) in [6.07, 6.45) is 1.87. The summed E-state index contributed by atoms with van der Waals surface area (Å²) in [6, 6.07) is 8.19. The van der Waals surface area contributed by atoms with Crippen molar-refractivity contribution >= 4 is 16.8 Å². The number of para-hydroxylation sites is 1. The van der Waals surface area contributed by atoms with Crippen molar-refractivity contribution < 1.29 is 4.79 Å². The standard InChI is InChI=1S/C14H15N3O/c18-14(17-13-10-6-15-7-11(10)13)9-3-1-2-8-4-5-16-12(8)9/h1-5,10-11,13,15-16H,6-7H2,(H,17,18). The van der Waals surface area contributed by atoms with Crippen molar-refractivity contribution in [2.45, 2.75) is 6.04 Å². The zero-order chi connectivity index (χ0) is 12.1. The van der Waals surface area contributed by atoms with E-state index in [2.05, 4.69) is 15.6 Å². The molecule has 1 aliphatic carbocycles. The second-order valence-corrected chi connectivity index (χ2v) is 5.23. The first-order chi connectivity index (χ1) is 8.84. The molecule has 2 aliphatic rings. The van der Waals surface area contributed by atoms with Gasteiger partial charge in [-0.15, -0.1) is 0 Å². The van der Waals surface area contributed by atoms with Crippen molar-refractivity contribution in [3.05, 3.63) is 36.0 Å². The number of nitrogens with one attached hydrogen (secondary N) is 3. The van der Waals surface area contributed by atoms with E-state index < -0.39 is 0 Å². The van der Waals surface area contributed by atoms with Crippen LogP contribution < -0.4 is 10.6 Å².